The molecular weight excluding hydrogens is 304 g/mol. The summed E-state index contributed by atoms with van der Waals surface area (Å²) in [5.74, 6) is 1.06. The lowest BCUT2D eigenvalue weighted by atomic mass is 9.95. The van der Waals surface area contributed by atoms with E-state index in [0.29, 0.717) is 17.3 Å². The van der Waals surface area contributed by atoms with Crippen LogP contribution in [0.3, 0.4) is 0 Å². The summed E-state index contributed by atoms with van der Waals surface area (Å²) in [5.41, 5.74) is 7.23. The Morgan fingerprint density at radius 1 is 1.25 bits per heavy atom. The van der Waals surface area contributed by atoms with Gasteiger partial charge in [0.2, 0.25) is 0 Å². The number of hydrogen-bond acceptors (Lipinski definition) is 5. The molecule has 3 heterocycles. The second kappa shape index (κ2) is 7.42. The number of likely N-dealkylation sites (tertiary alicyclic amines) is 1. The van der Waals surface area contributed by atoms with Gasteiger partial charge in [0.05, 0.1) is 29.8 Å². The van der Waals surface area contributed by atoms with Gasteiger partial charge < -0.3 is 10.6 Å². The first-order valence-electron chi connectivity index (χ1n) is 8.54. The van der Waals surface area contributed by atoms with Crippen LogP contribution in [0.15, 0.2) is 24.8 Å². The van der Waals surface area contributed by atoms with Crippen LogP contribution in [0, 0.1) is 5.92 Å². The number of anilines is 1. The minimum atomic E-state index is 0.0858. The second-order valence-corrected chi connectivity index (χ2v) is 6.31. The summed E-state index contributed by atoms with van der Waals surface area (Å²) in [6, 6.07) is 0. The van der Waals surface area contributed by atoms with Gasteiger partial charge in [0.25, 0.3) is 5.91 Å². The quantitative estimate of drug-likeness (QED) is 0.923. The summed E-state index contributed by atoms with van der Waals surface area (Å²) in [4.78, 5) is 23.0. The largest absolute Gasteiger partial charge is 0.382 e. The monoisotopic (exact) mass is 328 g/mol. The van der Waals surface area contributed by atoms with Crippen LogP contribution in [0.5, 0.6) is 0 Å². The van der Waals surface area contributed by atoms with Crippen molar-refractivity contribution in [2.24, 2.45) is 5.92 Å². The number of nitrogens with two attached hydrogens (primary N) is 1. The Balaban J connectivity index is 1.58. The zero-order valence-corrected chi connectivity index (χ0v) is 14.1. The molecule has 0 aromatic carbocycles. The number of carbonyl (C=O) groups is 1. The maximum absolute atomic E-state index is 12.6. The second-order valence-electron chi connectivity index (χ2n) is 6.31. The van der Waals surface area contributed by atoms with E-state index in [9.17, 15) is 4.79 Å². The van der Waals surface area contributed by atoms with E-state index < -0.39 is 0 Å². The van der Waals surface area contributed by atoms with Crippen LogP contribution in [0.2, 0.25) is 0 Å². The first-order valence-corrected chi connectivity index (χ1v) is 8.54. The Labute approximate surface area is 141 Å². The van der Waals surface area contributed by atoms with Gasteiger partial charge in [-0.05, 0) is 38.5 Å². The van der Waals surface area contributed by atoms with E-state index in [0.717, 1.165) is 51.0 Å². The third-order valence-electron chi connectivity index (χ3n) is 4.56. The van der Waals surface area contributed by atoms with Gasteiger partial charge in [-0.15, -0.1) is 0 Å². The molecule has 2 aromatic heterocycles. The molecule has 7 nitrogen and oxygen atoms in total. The Morgan fingerprint density at radius 3 is 2.83 bits per heavy atom. The predicted molar refractivity (Wildman–Crippen MR) is 91.3 cm³/mol. The van der Waals surface area contributed by atoms with Crippen LogP contribution >= 0.6 is 0 Å². The van der Waals surface area contributed by atoms with E-state index in [1.165, 1.54) is 0 Å². The molecular formula is C17H24N6O. The molecule has 1 fully saturated rings. The summed E-state index contributed by atoms with van der Waals surface area (Å²) in [5, 5.41) is 4.20. The average molecular weight is 328 g/mol. The third-order valence-corrected chi connectivity index (χ3v) is 4.56. The van der Waals surface area contributed by atoms with Crippen molar-refractivity contribution in [3.8, 4) is 0 Å². The summed E-state index contributed by atoms with van der Waals surface area (Å²) in [7, 11) is 0. The molecule has 1 aliphatic rings. The molecule has 2 aromatic rings. The van der Waals surface area contributed by atoms with Crippen molar-refractivity contribution in [3.05, 3.63) is 36.0 Å². The van der Waals surface area contributed by atoms with Crippen LogP contribution < -0.4 is 5.73 Å². The fourth-order valence-electron chi connectivity index (χ4n) is 3.17. The number of hydrogen-bond donors (Lipinski definition) is 1. The van der Waals surface area contributed by atoms with Gasteiger partial charge in [-0.1, -0.05) is 0 Å². The summed E-state index contributed by atoms with van der Waals surface area (Å²) >= 11 is 0. The van der Waals surface area contributed by atoms with Crippen LogP contribution in [0.1, 0.15) is 42.2 Å². The zero-order valence-electron chi connectivity index (χ0n) is 14.1. The van der Waals surface area contributed by atoms with Crippen molar-refractivity contribution in [3.63, 3.8) is 0 Å². The number of aryl methyl sites for hydroxylation is 1. The standard InChI is InChI=1S/C17H24N6O/c1-2-23-12-14(9-21-23)17(24)22-6-3-4-13(5-7-22)8-15-10-20-16(18)11-19-15/h9-13H,2-8H2,1H3,(H2,18,20). The number of carbonyl (C=O) groups excluding carboxylic acids is 1. The highest BCUT2D eigenvalue weighted by atomic mass is 16.2. The third kappa shape index (κ3) is 3.90. The first-order chi connectivity index (χ1) is 11.7. The topological polar surface area (TPSA) is 89.9 Å². The van der Waals surface area contributed by atoms with Crippen LogP contribution in [0.25, 0.3) is 0 Å². The minimum Gasteiger partial charge on any atom is -0.382 e. The number of aromatic nitrogens is 4. The lowest BCUT2D eigenvalue weighted by molar-refractivity contribution is 0.0760. The van der Waals surface area contributed by atoms with E-state index >= 15 is 0 Å². The molecule has 1 amide bonds. The number of amides is 1. The SMILES string of the molecule is CCn1cc(C(=O)N2CCCC(Cc3cnc(N)cn3)CC2)cn1. The van der Waals surface area contributed by atoms with E-state index in [4.69, 9.17) is 5.73 Å². The Kier molecular flexibility index (Phi) is 5.08. The molecule has 0 bridgehead atoms. The van der Waals surface area contributed by atoms with Gasteiger partial charge in [-0.2, -0.15) is 5.10 Å². The normalized spacial score (nSPS) is 18.4. The van der Waals surface area contributed by atoms with Crippen molar-refractivity contribution < 1.29 is 4.79 Å². The molecule has 24 heavy (non-hydrogen) atoms. The van der Waals surface area contributed by atoms with Crippen molar-refractivity contribution in [1.29, 1.82) is 0 Å². The molecule has 3 rings (SSSR count). The number of rotatable bonds is 4. The number of nitrogens with zero attached hydrogens (tertiary/aromatic N) is 5. The molecule has 1 atom stereocenters. The average Bonchev–Trinajstić information content (AvgIpc) is 2.96. The van der Waals surface area contributed by atoms with Gasteiger partial charge in [-0.3, -0.25) is 14.5 Å². The Bertz CT molecular complexity index is 681. The van der Waals surface area contributed by atoms with E-state index in [2.05, 4.69) is 15.1 Å². The lowest BCUT2D eigenvalue weighted by Crippen LogP contribution is -2.31. The molecule has 128 valence electrons. The summed E-state index contributed by atoms with van der Waals surface area (Å²) in [6.07, 6.45) is 10.8. The summed E-state index contributed by atoms with van der Waals surface area (Å²) in [6.45, 7) is 4.37. The predicted octanol–water partition coefficient (Wildman–Crippen LogP) is 1.76. The molecule has 1 aliphatic heterocycles. The highest BCUT2D eigenvalue weighted by Gasteiger charge is 2.23. The molecule has 1 saturated heterocycles. The summed E-state index contributed by atoms with van der Waals surface area (Å²) < 4.78 is 1.79. The molecule has 2 N–H and O–H groups in total. The minimum absolute atomic E-state index is 0.0858. The fourth-order valence-corrected chi connectivity index (χ4v) is 3.17. The highest BCUT2D eigenvalue weighted by molar-refractivity contribution is 5.93. The maximum atomic E-state index is 12.6. The molecule has 1 unspecified atom stereocenters. The Hall–Kier alpha value is -2.44. The molecule has 0 saturated carbocycles. The molecule has 0 spiro atoms. The molecule has 7 heteroatoms. The maximum Gasteiger partial charge on any atom is 0.257 e. The van der Waals surface area contributed by atoms with Crippen molar-refractivity contribution in [2.45, 2.75) is 39.2 Å². The van der Waals surface area contributed by atoms with Gasteiger partial charge in [0.1, 0.15) is 5.82 Å². The number of nitrogen functional groups attached to an aromatic ring is 1. The first kappa shape index (κ1) is 16.4. The van der Waals surface area contributed by atoms with Crippen LogP contribution in [-0.4, -0.2) is 43.6 Å². The van der Waals surface area contributed by atoms with Gasteiger partial charge >= 0.3 is 0 Å². The van der Waals surface area contributed by atoms with Crippen molar-refractivity contribution in [1.82, 2.24) is 24.6 Å². The highest BCUT2D eigenvalue weighted by Crippen LogP contribution is 2.22. The smallest absolute Gasteiger partial charge is 0.257 e. The zero-order chi connectivity index (χ0) is 16.9. The fraction of sp³-hybridized carbons (Fsp3) is 0.529. The van der Waals surface area contributed by atoms with Crippen LogP contribution in [0.4, 0.5) is 5.82 Å². The van der Waals surface area contributed by atoms with Crippen molar-refractivity contribution >= 4 is 11.7 Å². The Morgan fingerprint density at radius 2 is 2.12 bits per heavy atom. The molecule has 0 aliphatic carbocycles. The van der Waals surface area contributed by atoms with Gasteiger partial charge in [0.15, 0.2) is 0 Å². The van der Waals surface area contributed by atoms with E-state index in [-0.39, 0.29) is 5.91 Å². The van der Waals surface area contributed by atoms with Crippen LogP contribution in [-0.2, 0) is 13.0 Å². The van der Waals surface area contributed by atoms with E-state index in [1.54, 1.807) is 23.3 Å². The van der Waals surface area contributed by atoms with Crippen molar-refractivity contribution in [2.75, 3.05) is 18.8 Å². The van der Waals surface area contributed by atoms with E-state index in [1.807, 2.05) is 18.0 Å². The van der Waals surface area contributed by atoms with Gasteiger partial charge in [0, 0.05) is 25.8 Å². The molecule has 0 radical (unpaired) electrons. The van der Waals surface area contributed by atoms with Gasteiger partial charge in [-0.25, -0.2) is 4.98 Å². The lowest BCUT2D eigenvalue weighted by Gasteiger charge is -2.19.